The average Bonchev–Trinajstić information content (AvgIpc) is 3.29. The maximum atomic E-state index is 13.8. The Morgan fingerprint density at radius 2 is 2.07 bits per heavy atom. The molecule has 2 saturated heterocycles. The summed E-state index contributed by atoms with van der Waals surface area (Å²) in [6, 6.07) is 4.25. The first-order valence-corrected chi connectivity index (χ1v) is 10.1. The fourth-order valence-electron chi connectivity index (χ4n) is 3.56. The summed E-state index contributed by atoms with van der Waals surface area (Å²) in [5.74, 6) is 5.82. The molecule has 0 bridgehead atoms. The first-order chi connectivity index (χ1) is 14.3. The van der Waals surface area contributed by atoms with Crippen molar-refractivity contribution in [3.63, 3.8) is 0 Å². The molecule has 0 amide bonds. The SMILES string of the molecule is CC(Oc1cc(C#CC2COC3C(O)COC23)cnc1N)c1c(Cl)ccc(F)c1Cl. The molecule has 2 aliphatic heterocycles. The zero-order valence-corrected chi connectivity index (χ0v) is 17.5. The number of fused-ring (bicyclic) bond motifs is 1. The van der Waals surface area contributed by atoms with Gasteiger partial charge in [0.25, 0.3) is 0 Å². The molecule has 0 aliphatic carbocycles. The van der Waals surface area contributed by atoms with Gasteiger partial charge in [-0.15, -0.1) is 0 Å². The molecular formula is C21H19Cl2FN2O4. The van der Waals surface area contributed by atoms with Gasteiger partial charge in [-0.2, -0.15) is 0 Å². The molecule has 5 unspecified atom stereocenters. The second-order valence-electron chi connectivity index (χ2n) is 7.16. The Labute approximate surface area is 183 Å². The molecule has 0 saturated carbocycles. The van der Waals surface area contributed by atoms with E-state index in [2.05, 4.69) is 16.8 Å². The maximum absolute atomic E-state index is 13.8. The second kappa shape index (κ2) is 8.58. The third-order valence-corrected chi connectivity index (χ3v) is 5.81. The van der Waals surface area contributed by atoms with Gasteiger partial charge in [0.1, 0.15) is 30.2 Å². The number of benzene rings is 1. The van der Waals surface area contributed by atoms with Gasteiger partial charge in [0.2, 0.25) is 0 Å². The Morgan fingerprint density at radius 1 is 1.30 bits per heavy atom. The Bertz CT molecular complexity index is 1030. The van der Waals surface area contributed by atoms with Crippen LogP contribution in [0.1, 0.15) is 24.2 Å². The molecule has 5 atom stereocenters. The highest BCUT2D eigenvalue weighted by Gasteiger charge is 2.46. The molecular weight excluding hydrogens is 434 g/mol. The van der Waals surface area contributed by atoms with E-state index in [0.717, 1.165) is 0 Å². The molecule has 158 valence electrons. The van der Waals surface area contributed by atoms with E-state index in [1.54, 1.807) is 13.0 Å². The van der Waals surface area contributed by atoms with Gasteiger partial charge in [0.05, 0.1) is 24.2 Å². The monoisotopic (exact) mass is 452 g/mol. The molecule has 2 fully saturated rings. The zero-order valence-electron chi connectivity index (χ0n) is 15.9. The van der Waals surface area contributed by atoms with E-state index in [4.69, 9.17) is 43.1 Å². The number of nitrogens with two attached hydrogens (primary N) is 1. The third kappa shape index (κ3) is 4.07. The molecule has 9 heteroatoms. The van der Waals surface area contributed by atoms with Crippen LogP contribution < -0.4 is 10.5 Å². The van der Waals surface area contributed by atoms with Gasteiger partial charge in [0, 0.05) is 28.4 Å². The van der Waals surface area contributed by atoms with Crippen LogP contribution in [0.25, 0.3) is 0 Å². The van der Waals surface area contributed by atoms with Crippen LogP contribution in [-0.4, -0.2) is 41.6 Å². The van der Waals surface area contributed by atoms with Gasteiger partial charge in [0.15, 0.2) is 11.6 Å². The number of pyridine rings is 1. The van der Waals surface area contributed by atoms with Crippen molar-refractivity contribution in [1.29, 1.82) is 0 Å². The van der Waals surface area contributed by atoms with E-state index >= 15 is 0 Å². The Morgan fingerprint density at radius 3 is 2.87 bits per heavy atom. The van der Waals surface area contributed by atoms with Gasteiger partial charge < -0.3 is 25.1 Å². The lowest BCUT2D eigenvalue weighted by atomic mass is 10.0. The van der Waals surface area contributed by atoms with Crippen molar-refractivity contribution in [3.8, 4) is 17.6 Å². The number of nitrogen functional groups attached to an aromatic ring is 1. The van der Waals surface area contributed by atoms with Crippen molar-refractivity contribution in [1.82, 2.24) is 4.98 Å². The lowest BCUT2D eigenvalue weighted by Gasteiger charge is -2.19. The first-order valence-electron chi connectivity index (χ1n) is 9.33. The molecule has 1 aromatic heterocycles. The molecule has 4 rings (SSSR count). The number of rotatable bonds is 3. The predicted octanol–water partition coefficient (Wildman–Crippen LogP) is 3.38. The standard InChI is InChI=1S/C21H19Cl2FN2O4/c1-10(17-13(22)4-5-14(24)18(17)23)30-16-6-11(7-26-21(16)25)2-3-12-8-28-20-15(27)9-29-19(12)20/h4-7,10,12,15,19-20,27H,8-9H2,1H3,(H2,25,26). The van der Waals surface area contributed by atoms with Gasteiger partial charge in [-0.25, -0.2) is 9.37 Å². The van der Waals surface area contributed by atoms with Crippen LogP contribution in [0.5, 0.6) is 5.75 Å². The van der Waals surface area contributed by atoms with Crippen LogP contribution in [-0.2, 0) is 9.47 Å². The highest BCUT2D eigenvalue weighted by Crippen LogP contribution is 2.36. The molecule has 2 aromatic rings. The van der Waals surface area contributed by atoms with Crippen LogP contribution in [0, 0.1) is 23.6 Å². The van der Waals surface area contributed by atoms with E-state index in [0.29, 0.717) is 17.7 Å². The van der Waals surface area contributed by atoms with Crippen molar-refractivity contribution in [2.24, 2.45) is 5.92 Å². The third-order valence-electron chi connectivity index (χ3n) is 5.10. The lowest BCUT2D eigenvalue weighted by Crippen LogP contribution is -2.28. The fourth-order valence-corrected chi connectivity index (χ4v) is 4.24. The number of aliphatic hydroxyl groups excluding tert-OH is 1. The van der Waals surface area contributed by atoms with Crippen molar-refractivity contribution in [3.05, 3.63) is 51.4 Å². The van der Waals surface area contributed by atoms with Crippen LogP contribution in [0.3, 0.4) is 0 Å². The quantitative estimate of drug-likeness (QED) is 0.548. The average molecular weight is 453 g/mol. The van der Waals surface area contributed by atoms with E-state index in [1.807, 2.05) is 0 Å². The number of anilines is 1. The highest BCUT2D eigenvalue weighted by atomic mass is 35.5. The topological polar surface area (TPSA) is 86.8 Å². The summed E-state index contributed by atoms with van der Waals surface area (Å²) in [7, 11) is 0. The Kier molecular flexibility index (Phi) is 6.05. The normalized spacial score (nSPS) is 26.0. The molecule has 3 N–H and O–H groups in total. The van der Waals surface area contributed by atoms with Crippen LogP contribution in [0.15, 0.2) is 24.4 Å². The Hall–Kier alpha value is -2.08. The molecule has 6 nitrogen and oxygen atoms in total. The van der Waals surface area contributed by atoms with Gasteiger partial charge in [-0.3, -0.25) is 0 Å². The summed E-state index contributed by atoms with van der Waals surface area (Å²) in [5.41, 5.74) is 6.83. The summed E-state index contributed by atoms with van der Waals surface area (Å²) >= 11 is 12.2. The first kappa shape index (κ1) is 21.2. The number of ether oxygens (including phenoxy) is 3. The minimum absolute atomic E-state index is 0.105. The molecule has 1 aromatic carbocycles. The van der Waals surface area contributed by atoms with Crippen molar-refractivity contribution >= 4 is 29.0 Å². The smallest absolute Gasteiger partial charge is 0.166 e. The summed E-state index contributed by atoms with van der Waals surface area (Å²) in [6.45, 7) is 2.32. The summed E-state index contributed by atoms with van der Waals surface area (Å²) in [6.07, 6.45) is -0.357. The molecule has 0 radical (unpaired) electrons. The van der Waals surface area contributed by atoms with Crippen molar-refractivity contribution in [2.75, 3.05) is 18.9 Å². The van der Waals surface area contributed by atoms with Crippen LogP contribution in [0.2, 0.25) is 10.0 Å². The van der Waals surface area contributed by atoms with Crippen LogP contribution in [0.4, 0.5) is 10.2 Å². The molecule has 30 heavy (non-hydrogen) atoms. The highest BCUT2D eigenvalue weighted by molar-refractivity contribution is 6.36. The number of aromatic nitrogens is 1. The predicted molar refractivity (Wildman–Crippen MR) is 110 cm³/mol. The fraction of sp³-hybridized carbons (Fsp3) is 0.381. The van der Waals surface area contributed by atoms with E-state index in [1.165, 1.54) is 18.3 Å². The van der Waals surface area contributed by atoms with Gasteiger partial charge in [-0.05, 0) is 19.1 Å². The summed E-state index contributed by atoms with van der Waals surface area (Å²) < 4.78 is 30.8. The maximum Gasteiger partial charge on any atom is 0.166 e. The number of hydrogen-bond acceptors (Lipinski definition) is 6. The number of hydrogen-bond donors (Lipinski definition) is 2. The van der Waals surface area contributed by atoms with E-state index in [-0.39, 0.29) is 46.3 Å². The minimum Gasteiger partial charge on any atom is -0.482 e. The molecule has 3 heterocycles. The molecule has 2 aliphatic rings. The lowest BCUT2D eigenvalue weighted by molar-refractivity contribution is 0.0179. The van der Waals surface area contributed by atoms with Crippen molar-refractivity contribution in [2.45, 2.75) is 31.3 Å². The number of aliphatic hydroxyl groups is 1. The van der Waals surface area contributed by atoms with E-state index in [9.17, 15) is 9.50 Å². The minimum atomic E-state index is -0.676. The van der Waals surface area contributed by atoms with Gasteiger partial charge in [-0.1, -0.05) is 35.0 Å². The zero-order chi connectivity index (χ0) is 21.4. The van der Waals surface area contributed by atoms with Gasteiger partial charge >= 0.3 is 0 Å². The second-order valence-corrected chi connectivity index (χ2v) is 7.95. The van der Waals surface area contributed by atoms with Crippen LogP contribution >= 0.6 is 23.2 Å². The molecule has 0 spiro atoms. The number of halogens is 3. The number of nitrogens with zero attached hydrogens (tertiary/aromatic N) is 1. The van der Waals surface area contributed by atoms with Crippen molar-refractivity contribution < 1.29 is 23.7 Å². The summed E-state index contributed by atoms with van der Waals surface area (Å²) in [5, 5.41) is 10.0. The summed E-state index contributed by atoms with van der Waals surface area (Å²) in [4.78, 5) is 4.12. The van der Waals surface area contributed by atoms with E-state index < -0.39 is 18.0 Å². The largest absolute Gasteiger partial charge is 0.482 e. The Balaban J connectivity index is 1.53.